The van der Waals surface area contributed by atoms with Crippen molar-refractivity contribution in [2.24, 2.45) is 5.92 Å². The predicted molar refractivity (Wildman–Crippen MR) is 90.5 cm³/mol. The van der Waals surface area contributed by atoms with Gasteiger partial charge < -0.3 is 19.6 Å². The summed E-state index contributed by atoms with van der Waals surface area (Å²) in [6.07, 6.45) is 1.21. The SMILES string of the molecule is Cc1ccc(OCC(O)CN2CCC(C(=O)N(C)C)CC2)cc1. The molecule has 5 heteroatoms. The van der Waals surface area contributed by atoms with Crippen molar-refractivity contribution in [3.63, 3.8) is 0 Å². The van der Waals surface area contributed by atoms with E-state index in [2.05, 4.69) is 4.90 Å². The number of aliphatic hydroxyl groups excluding tert-OH is 1. The van der Waals surface area contributed by atoms with Crippen molar-refractivity contribution in [1.82, 2.24) is 9.80 Å². The van der Waals surface area contributed by atoms with Gasteiger partial charge in [0.15, 0.2) is 0 Å². The van der Waals surface area contributed by atoms with E-state index in [1.165, 1.54) is 5.56 Å². The Morgan fingerprint density at radius 3 is 2.48 bits per heavy atom. The number of piperidine rings is 1. The van der Waals surface area contributed by atoms with E-state index in [1.807, 2.05) is 31.2 Å². The molecule has 1 aromatic carbocycles. The minimum absolute atomic E-state index is 0.127. The van der Waals surface area contributed by atoms with Gasteiger partial charge in [0.1, 0.15) is 18.5 Å². The van der Waals surface area contributed by atoms with Crippen molar-refractivity contribution < 1.29 is 14.6 Å². The number of carbonyl (C=O) groups excluding carboxylic acids is 1. The van der Waals surface area contributed by atoms with Gasteiger partial charge in [0, 0.05) is 26.6 Å². The lowest BCUT2D eigenvalue weighted by molar-refractivity contribution is -0.134. The van der Waals surface area contributed by atoms with Crippen molar-refractivity contribution in [2.75, 3.05) is 40.3 Å². The minimum Gasteiger partial charge on any atom is -0.491 e. The van der Waals surface area contributed by atoms with Gasteiger partial charge in [-0.05, 0) is 45.0 Å². The fourth-order valence-corrected chi connectivity index (χ4v) is 2.91. The fraction of sp³-hybridized carbons (Fsp3) is 0.611. The number of benzene rings is 1. The van der Waals surface area contributed by atoms with Crippen LogP contribution in [0.4, 0.5) is 0 Å². The number of nitrogens with zero attached hydrogens (tertiary/aromatic N) is 2. The van der Waals surface area contributed by atoms with Crippen molar-refractivity contribution in [3.8, 4) is 5.75 Å². The molecule has 0 aliphatic carbocycles. The molecule has 1 fully saturated rings. The number of hydrogen-bond donors (Lipinski definition) is 1. The van der Waals surface area contributed by atoms with Crippen LogP contribution in [0.15, 0.2) is 24.3 Å². The van der Waals surface area contributed by atoms with Crippen molar-refractivity contribution in [2.45, 2.75) is 25.9 Å². The number of carbonyl (C=O) groups is 1. The Labute approximate surface area is 138 Å². The van der Waals surface area contributed by atoms with Crippen LogP contribution in [-0.2, 0) is 4.79 Å². The molecule has 2 rings (SSSR count). The van der Waals surface area contributed by atoms with Gasteiger partial charge in [-0.25, -0.2) is 0 Å². The largest absolute Gasteiger partial charge is 0.491 e. The second-order valence-electron chi connectivity index (χ2n) is 6.59. The van der Waals surface area contributed by atoms with Gasteiger partial charge in [0.25, 0.3) is 0 Å². The molecule has 5 nitrogen and oxygen atoms in total. The third-order valence-electron chi connectivity index (χ3n) is 4.31. The lowest BCUT2D eigenvalue weighted by Crippen LogP contribution is -2.43. The molecule has 0 radical (unpaired) electrons. The van der Waals surface area contributed by atoms with Gasteiger partial charge in [-0.1, -0.05) is 17.7 Å². The topological polar surface area (TPSA) is 53.0 Å². The van der Waals surface area contributed by atoms with E-state index in [9.17, 15) is 9.90 Å². The quantitative estimate of drug-likeness (QED) is 0.864. The highest BCUT2D eigenvalue weighted by Crippen LogP contribution is 2.19. The molecule has 0 aromatic heterocycles. The molecule has 1 aliphatic heterocycles. The lowest BCUT2D eigenvalue weighted by atomic mass is 9.95. The van der Waals surface area contributed by atoms with E-state index >= 15 is 0 Å². The van der Waals surface area contributed by atoms with Crippen LogP contribution in [0.5, 0.6) is 5.75 Å². The van der Waals surface area contributed by atoms with Crippen LogP contribution >= 0.6 is 0 Å². The summed E-state index contributed by atoms with van der Waals surface area (Å²) in [6.45, 7) is 4.62. The van der Waals surface area contributed by atoms with E-state index in [0.717, 1.165) is 31.7 Å². The maximum absolute atomic E-state index is 11.9. The summed E-state index contributed by atoms with van der Waals surface area (Å²) < 4.78 is 5.62. The molecule has 1 atom stereocenters. The van der Waals surface area contributed by atoms with Crippen LogP contribution in [0, 0.1) is 12.8 Å². The summed E-state index contributed by atoms with van der Waals surface area (Å²) in [4.78, 5) is 15.8. The first kappa shape index (κ1) is 17.8. The number of likely N-dealkylation sites (tertiary alicyclic amines) is 1. The van der Waals surface area contributed by atoms with E-state index in [1.54, 1.807) is 19.0 Å². The number of β-amino-alcohol motifs (C(OH)–C–C–N with tert-alkyl or cyclic N) is 1. The number of hydrogen-bond acceptors (Lipinski definition) is 4. The van der Waals surface area contributed by atoms with Gasteiger partial charge in [-0.15, -0.1) is 0 Å². The van der Waals surface area contributed by atoms with E-state index < -0.39 is 6.10 Å². The van der Waals surface area contributed by atoms with Crippen LogP contribution in [0.2, 0.25) is 0 Å². The van der Waals surface area contributed by atoms with Crippen LogP contribution in [0.25, 0.3) is 0 Å². The highest BCUT2D eigenvalue weighted by molar-refractivity contribution is 5.78. The number of ether oxygens (including phenoxy) is 1. The number of aryl methyl sites for hydroxylation is 1. The Balaban J connectivity index is 1.69. The molecule has 128 valence electrons. The zero-order valence-corrected chi connectivity index (χ0v) is 14.4. The van der Waals surface area contributed by atoms with Gasteiger partial charge in [0.2, 0.25) is 5.91 Å². The Morgan fingerprint density at radius 1 is 1.30 bits per heavy atom. The molecule has 1 N–H and O–H groups in total. The molecule has 1 aliphatic rings. The monoisotopic (exact) mass is 320 g/mol. The van der Waals surface area contributed by atoms with Crippen LogP contribution < -0.4 is 4.74 Å². The van der Waals surface area contributed by atoms with E-state index in [4.69, 9.17) is 4.74 Å². The minimum atomic E-state index is -0.516. The van der Waals surface area contributed by atoms with Crippen molar-refractivity contribution in [3.05, 3.63) is 29.8 Å². The zero-order valence-electron chi connectivity index (χ0n) is 14.4. The molecule has 1 aromatic rings. The van der Waals surface area contributed by atoms with Gasteiger partial charge in [-0.2, -0.15) is 0 Å². The van der Waals surface area contributed by atoms with Crippen LogP contribution in [0.3, 0.4) is 0 Å². The average Bonchev–Trinajstić information content (AvgIpc) is 2.54. The molecule has 1 amide bonds. The Kier molecular flexibility index (Phi) is 6.42. The molecule has 0 saturated carbocycles. The molecular formula is C18H28N2O3. The lowest BCUT2D eigenvalue weighted by Gasteiger charge is -2.33. The van der Waals surface area contributed by atoms with Gasteiger partial charge in [0.05, 0.1) is 0 Å². The Bertz CT molecular complexity index is 493. The molecule has 1 saturated heterocycles. The fourth-order valence-electron chi connectivity index (χ4n) is 2.91. The van der Waals surface area contributed by atoms with Gasteiger partial charge in [-0.3, -0.25) is 4.79 Å². The standard InChI is InChI=1S/C18H28N2O3/c1-14-4-6-17(7-5-14)23-13-16(21)12-20-10-8-15(9-11-20)18(22)19(2)3/h4-7,15-16,21H,8-13H2,1-3H3. The second kappa shape index (κ2) is 8.31. The highest BCUT2D eigenvalue weighted by atomic mass is 16.5. The van der Waals surface area contributed by atoms with Crippen molar-refractivity contribution in [1.29, 1.82) is 0 Å². The number of rotatable bonds is 6. The predicted octanol–water partition coefficient (Wildman–Crippen LogP) is 1.53. The Hall–Kier alpha value is -1.59. The highest BCUT2D eigenvalue weighted by Gasteiger charge is 2.26. The average molecular weight is 320 g/mol. The van der Waals surface area contributed by atoms with Crippen LogP contribution in [0.1, 0.15) is 18.4 Å². The summed E-state index contributed by atoms with van der Waals surface area (Å²) >= 11 is 0. The first-order valence-electron chi connectivity index (χ1n) is 8.26. The molecule has 0 spiro atoms. The second-order valence-corrected chi connectivity index (χ2v) is 6.59. The maximum Gasteiger partial charge on any atom is 0.225 e. The van der Waals surface area contributed by atoms with Gasteiger partial charge >= 0.3 is 0 Å². The Morgan fingerprint density at radius 2 is 1.91 bits per heavy atom. The van der Waals surface area contributed by atoms with Crippen LogP contribution in [-0.4, -0.2) is 67.3 Å². The number of aliphatic hydroxyl groups is 1. The first-order valence-corrected chi connectivity index (χ1v) is 8.26. The third-order valence-corrected chi connectivity index (χ3v) is 4.31. The van der Waals surface area contributed by atoms with Crippen molar-refractivity contribution >= 4 is 5.91 Å². The number of amides is 1. The summed E-state index contributed by atoms with van der Waals surface area (Å²) in [5, 5.41) is 10.1. The summed E-state index contributed by atoms with van der Waals surface area (Å²) in [5.74, 6) is 1.13. The molecule has 23 heavy (non-hydrogen) atoms. The third kappa shape index (κ3) is 5.52. The smallest absolute Gasteiger partial charge is 0.225 e. The molecule has 1 unspecified atom stereocenters. The van der Waals surface area contributed by atoms with E-state index in [0.29, 0.717) is 13.2 Å². The zero-order chi connectivity index (χ0) is 16.8. The summed E-state index contributed by atoms with van der Waals surface area (Å²) in [6, 6.07) is 7.82. The molecule has 1 heterocycles. The summed E-state index contributed by atoms with van der Waals surface area (Å²) in [5.41, 5.74) is 1.19. The molecule has 0 bridgehead atoms. The maximum atomic E-state index is 11.9. The van der Waals surface area contributed by atoms with E-state index in [-0.39, 0.29) is 11.8 Å². The normalized spacial score (nSPS) is 17.7. The first-order chi connectivity index (χ1) is 11.0. The molecular weight excluding hydrogens is 292 g/mol. The summed E-state index contributed by atoms with van der Waals surface area (Å²) in [7, 11) is 3.61.